The number of carbonyl (C=O) groups is 2. The molecule has 0 bridgehead atoms. The molecular weight excluding hydrogens is 292 g/mol. The van der Waals surface area contributed by atoms with Crippen LogP contribution in [0.2, 0.25) is 0 Å². The van der Waals surface area contributed by atoms with Crippen LogP contribution >= 0.6 is 0 Å². The Morgan fingerprint density at radius 1 is 1.35 bits per heavy atom. The average molecular weight is 318 g/mol. The Kier molecular flexibility index (Phi) is 6.02. The second kappa shape index (κ2) is 7.99. The molecule has 1 atom stereocenters. The Balaban J connectivity index is 2.05. The third-order valence-corrected chi connectivity index (χ3v) is 4.30. The Bertz CT molecular complexity index is 571. The number of hydrogen-bond acceptors (Lipinski definition) is 3. The van der Waals surface area contributed by atoms with Crippen molar-refractivity contribution in [3.05, 3.63) is 29.3 Å². The van der Waals surface area contributed by atoms with Crippen LogP contribution in [0, 0.1) is 12.8 Å². The molecule has 1 aromatic carbocycles. The number of aryl methyl sites for hydroxylation is 2. The second-order valence-corrected chi connectivity index (χ2v) is 5.93. The van der Waals surface area contributed by atoms with Crippen LogP contribution in [0.3, 0.4) is 0 Å². The molecule has 1 N–H and O–H groups in total. The van der Waals surface area contributed by atoms with Gasteiger partial charge in [-0.05, 0) is 44.2 Å². The van der Waals surface area contributed by atoms with Crippen LogP contribution in [0.25, 0.3) is 0 Å². The maximum Gasteiger partial charge on any atom is 0.321 e. The number of benzene rings is 1. The van der Waals surface area contributed by atoms with E-state index in [1.165, 1.54) is 0 Å². The molecule has 1 saturated heterocycles. The number of urea groups is 1. The fourth-order valence-corrected chi connectivity index (χ4v) is 3.00. The fourth-order valence-electron chi connectivity index (χ4n) is 3.00. The molecule has 1 unspecified atom stereocenters. The second-order valence-electron chi connectivity index (χ2n) is 5.93. The molecule has 1 heterocycles. The van der Waals surface area contributed by atoms with E-state index in [0.717, 1.165) is 36.1 Å². The van der Waals surface area contributed by atoms with Crippen molar-refractivity contribution in [1.29, 1.82) is 0 Å². The number of carbonyl (C=O) groups excluding carboxylic acids is 2. The van der Waals surface area contributed by atoms with Gasteiger partial charge >= 0.3 is 12.0 Å². The van der Waals surface area contributed by atoms with Gasteiger partial charge in [0.25, 0.3) is 0 Å². The largest absolute Gasteiger partial charge is 0.466 e. The summed E-state index contributed by atoms with van der Waals surface area (Å²) < 4.78 is 5.09. The number of hydrogen-bond donors (Lipinski definition) is 1. The van der Waals surface area contributed by atoms with Crippen molar-refractivity contribution < 1.29 is 14.3 Å². The van der Waals surface area contributed by atoms with Gasteiger partial charge in [-0.2, -0.15) is 0 Å². The molecule has 5 nitrogen and oxygen atoms in total. The quantitative estimate of drug-likeness (QED) is 0.866. The normalized spacial score (nSPS) is 17.7. The molecule has 0 radical (unpaired) electrons. The lowest BCUT2D eigenvalue weighted by molar-refractivity contribution is -0.149. The minimum atomic E-state index is -0.211. The molecule has 1 aromatic rings. The van der Waals surface area contributed by atoms with Crippen LogP contribution in [0.4, 0.5) is 10.5 Å². The predicted molar refractivity (Wildman–Crippen MR) is 90.5 cm³/mol. The summed E-state index contributed by atoms with van der Waals surface area (Å²) in [5, 5.41) is 3.03. The number of nitrogens with zero attached hydrogens (tertiary/aromatic N) is 1. The predicted octanol–water partition coefficient (Wildman–Crippen LogP) is 3.36. The van der Waals surface area contributed by atoms with Gasteiger partial charge in [-0.3, -0.25) is 4.79 Å². The highest BCUT2D eigenvalue weighted by atomic mass is 16.5. The molecular formula is C18H26N2O3. The van der Waals surface area contributed by atoms with Crippen LogP contribution < -0.4 is 5.32 Å². The van der Waals surface area contributed by atoms with Crippen molar-refractivity contribution in [2.24, 2.45) is 5.92 Å². The summed E-state index contributed by atoms with van der Waals surface area (Å²) in [7, 11) is 0. The highest BCUT2D eigenvalue weighted by molar-refractivity contribution is 5.91. The van der Waals surface area contributed by atoms with Crippen molar-refractivity contribution in [2.75, 3.05) is 25.0 Å². The number of rotatable bonds is 4. The first kappa shape index (κ1) is 17.3. The van der Waals surface area contributed by atoms with Gasteiger partial charge in [0, 0.05) is 18.8 Å². The maximum atomic E-state index is 12.6. The molecule has 0 aliphatic carbocycles. The van der Waals surface area contributed by atoms with E-state index in [2.05, 4.69) is 12.2 Å². The van der Waals surface area contributed by atoms with Gasteiger partial charge in [-0.25, -0.2) is 4.79 Å². The summed E-state index contributed by atoms with van der Waals surface area (Å²) >= 11 is 0. The standard InChI is InChI=1S/C18H26N2O3/c1-4-14-9-6-8-13(3)16(14)19-18(22)20-11-7-10-15(12-20)17(21)23-5-2/h6,8-9,15H,4-5,7,10-12H2,1-3H3,(H,19,22). The first-order chi connectivity index (χ1) is 11.1. The third-order valence-electron chi connectivity index (χ3n) is 4.30. The van der Waals surface area contributed by atoms with Crippen molar-refractivity contribution in [3.8, 4) is 0 Å². The Hall–Kier alpha value is -2.04. The molecule has 1 aliphatic rings. The molecule has 2 rings (SSSR count). The number of esters is 1. The molecule has 2 amide bonds. The first-order valence-electron chi connectivity index (χ1n) is 8.37. The molecule has 23 heavy (non-hydrogen) atoms. The van der Waals surface area contributed by atoms with Gasteiger partial charge < -0.3 is 15.0 Å². The molecule has 0 spiro atoms. The lowest BCUT2D eigenvalue weighted by Crippen LogP contribution is -2.44. The molecule has 5 heteroatoms. The lowest BCUT2D eigenvalue weighted by Gasteiger charge is -2.32. The molecule has 0 aromatic heterocycles. The summed E-state index contributed by atoms with van der Waals surface area (Å²) in [6, 6.07) is 5.89. The zero-order valence-corrected chi connectivity index (χ0v) is 14.2. The summed E-state index contributed by atoms with van der Waals surface area (Å²) in [5.74, 6) is -0.410. The Morgan fingerprint density at radius 2 is 2.13 bits per heavy atom. The topological polar surface area (TPSA) is 58.6 Å². The van der Waals surface area contributed by atoms with E-state index in [-0.39, 0.29) is 17.9 Å². The minimum absolute atomic E-state index is 0.136. The Morgan fingerprint density at radius 3 is 2.83 bits per heavy atom. The number of piperidine rings is 1. The van der Waals surface area contributed by atoms with E-state index in [4.69, 9.17) is 4.74 Å². The van der Waals surface area contributed by atoms with Crippen molar-refractivity contribution >= 4 is 17.7 Å². The SMILES string of the molecule is CCOC(=O)C1CCCN(C(=O)Nc2c(C)cccc2CC)C1. The number of likely N-dealkylation sites (tertiary alicyclic amines) is 1. The summed E-state index contributed by atoms with van der Waals surface area (Å²) in [6.07, 6.45) is 2.47. The highest BCUT2D eigenvalue weighted by Crippen LogP contribution is 2.23. The molecule has 126 valence electrons. The van der Waals surface area contributed by atoms with Gasteiger partial charge in [0.2, 0.25) is 0 Å². The zero-order chi connectivity index (χ0) is 16.8. The van der Waals surface area contributed by atoms with Crippen LogP contribution in [0.15, 0.2) is 18.2 Å². The third kappa shape index (κ3) is 4.24. The van der Waals surface area contributed by atoms with E-state index in [0.29, 0.717) is 19.7 Å². The van der Waals surface area contributed by atoms with Crippen molar-refractivity contribution in [2.45, 2.75) is 40.0 Å². The van der Waals surface area contributed by atoms with Crippen LogP contribution in [0.1, 0.15) is 37.8 Å². The fraction of sp³-hybridized carbons (Fsp3) is 0.556. The van der Waals surface area contributed by atoms with Crippen LogP contribution in [-0.4, -0.2) is 36.6 Å². The molecule has 1 aliphatic heterocycles. The monoisotopic (exact) mass is 318 g/mol. The van der Waals surface area contributed by atoms with Gasteiger partial charge in [-0.15, -0.1) is 0 Å². The summed E-state index contributed by atoms with van der Waals surface area (Å²) in [4.78, 5) is 26.2. The number of nitrogens with one attached hydrogen (secondary N) is 1. The number of amides is 2. The first-order valence-corrected chi connectivity index (χ1v) is 8.37. The van der Waals surface area contributed by atoms with Gasteiger partial charge in [0.05, 0.1) is 12.5 Å². The van der Waals surface area contributed by atoms with Gasteiger partial charge in [0.1, 0.15) is 0 Å². The smallest absolute Gasteiger partial charge is 0.321 e. The van der Waals surface area contributed by atoms with E-state index in [9.17, 15) is 9.59 Å². The average Bonchev–Trinajstić information content (AvgIpc) is 2.57. The molecule has 0 saturated carbocycles. The Labute approximate surface area is 138 Å². The van der Waals surface area contributed by atoms with E-state index in [1.54, 1.807) is 11.8 Å². The zero-order valence-electron chi connectivity index (χ0n) is 14.2. The van der Waals surface area contributed by atoms with E-state index >= 15 is 0 Å². The summed E-state index contributed by atoms with van der Waals surface area (Å²) in [5.41, 5.74) is 3.06. The number of para-hydroxylation sites is 1. The van der Waals surface area contributed by atoms with E-state index < -0.39 is 0 Å². The van der Waals surface area contributed by atoms with Crippen LogP contribution in [0.5, 0.6) is 0 Å². The van der Waals surface area contributed by atoms with Crippen molar-refractivity contribution in [1.82, 2.24) is 4.90 Å². The van der Waals surface area contributed by atoms with E-state index in [1.807, 2.05) is 25.1 Å². The minimum Gasteiger partial charge on any atom is -0.466 e. The number of anilines is 1. The highest BCUT2D eigenvalue weighted by Gasteiger charge is 2.29. The maximum absolute atomic E-state index is 12.6. The summed E-state index contributed by atoms with van der Waals surface area (Å²) in [6.45, 7) is 7.35. The number of ether oxygens (including phenoxy) is 1. The van der Waals surface area contributed by atoms with Gasteiger partial charge in [-0.1, -0.05) is 25.1 Å². The van der Waals surface area contributed by atoms with Crippen molar-refractivity contribution in [3.63, 3.8) is 0 Å². The van der Waals surface area contributed by atoms with Gasteiger partial charge in [0.15, 0.2) is 0 Å². The van der Waals surface area contributed by atoms with Crippen LogP contribution in [-0.2, 0) is 16.0 Å². The molecule has 1 fully saturated rings. The lowest BCUT2D eigenvalue weighted by atomic mass is 9.98.